The maximum absolute atomic E-state index is 6.16. The maximum atomic E-state index is 6.16. The van der Waals surface area contributed by atoms with Crippen LogP contribution in [0.2, 0.25) is 5.02 Å². The standard InChI is InChI=1S/C15H16ClNS/c1-11-9-13(8-7-12(11)10-17-2)18-15-6-4-3-5-14(15)16/h3-9,17H,10H2,1-2H3. The van der Waals surface area contributed by atoms with Crippen molar-refractivity contribution in [1.82, 2.24) is 5.32 Å². The van der Waals surface area contributed by atoms with Crippen molar-refractivity contribution in [3.63, 3.8) is 0 Å². The fraction of sp³-hybridized carbons (Fsp3) is 0.200. The molecule has 0 aliphatic carbocycles. The summed E-state index contributed by atoms with van der Waals surface area (Å²) >= 11 is 7.87. The molecule has 0 saturated carbocycles. The average molecular weight is 278 g/mol. The molecule has 3 heteroatoms. The van der Waals surface area contributed by atoms with Crippen molar-refractivity contribution in [1.29, 1.82) is 0 Å². The van der Waals surface area contributed by atoms with Gasteiger partial charge in [0.25, 0.3) is 0 Å². The topological polar surface area (TPSA) is 12.0 Å². The molecule has 0 amide bonds. The summed E-state index contributed by atoms with van der Waals surface area (Å²) in [5, 5.41) is 3.98. The van der Waals surface area contributed by atoms with Crippen molar-refractivity contribution < 1.29 is 0 Å². The molecule has 0 bridgehead atoms. The van der Waals surface area contributed by atoms with Gasteiger partial charge in [0.05, 0.1) is 5.02 Å². The van der Waals surface area contributed by atoms with Gasteiger partial charge in [0.1, 0.15) is 0 Å². The number of aryl methyl sites for hydroxylation is 1. The highest BCUT2D eigenvalue weighted by Gasteiger charge is 2.04. The molecule has 94 valence electrons. The molecule has 0 atom stereocenters. The summed E-state index contributed by atoms with van der Waals surface area (Å²) in [6.45, 7) is 3.05. The largest absolute Gasteiger partial charge is 0.316 e. The third-order valence-corrected chi connectivity index (χ3v) is 4.25. The third kappa shape index (κ3) is 3.29. The average Bonchev–Trinajstić information content (AvgIpc) is 2.36. The van der Waals surface area contributed by atoms with Crippen LogP contribution in [0.15, 0.2) is 52.3 Å². The molecule has 0 unspecified atom stereocenters. The van der Waals surface area contributed by atoms with Gasteiger partial charge in [-0.05, 0) is 49.4 Å². The normalized spacial score (nSPS) is 10.6. The summed E-state index contributed by atoms with van der Waals surface area (Å²) in [7, 11) is 1.96. The van der Waals surface area contributed by atoms with Crippen molar-refractivity contribution in [2.75, 3.05) is 7.05 Å². The van der Waals surface area contributed by atoms with Gasteiger partial charge in [0.2, 0.25) is 0 Å². The molecule has 0 aliphatic heterocycles. The molecule has 18 heavy (non-hydrogen) atoms. The van der Waals surface area contributed by atoms with Gasteiger partial charge in [0.15, 0.2) is 0 Å². The molecule has 0 heterocycles. The van der Waals surface area contributed by atoms with Crippen LogP contribution in [0.4, 0.5) is 0 Å². The van der Waals surface area contributed by atoms with Gasteiger partial charge in [-0.25, -0.2) is 0 Å². The second kappa shape index (κ2) is 6.28. The third-order valence-electron chi connectivity index (χ3n) is 2.75. The minimum absolute atomic E-state index is 0.805. The van der Waals surface area contributed by atoms with Gasteiger partial charge < -0.3 is 5.32 Å². The van der Waals surface area contributed by atoms with Gasteiger partial charge in [-0.15, -0.1) is 0 Å². The second-order valence-electron chi connectivity index (χ2n) is 4.15. The summed E-state index contributed by atoms with van der Waals surface area (Å²) in [6.07, 6.45) is 0. The summed E-state index contributed by atoms with van der Waals surface area (Å²) in [5.74, 6) is 0. The van der Waals surface area contributed by atoms with Gasteiger partial charge in [-0.3, -0.25) is 0 Å². The summed E-state index contributed by atoms with van der Waals surface area (Å²) < 4.78 is 0. The molecular weight excluding hydrogens is 262 g/mol. The van der Waals surface area contributed by atoms with Crippen molar-refractivity contribution in [2.24, 2.45) is 0 Å². The van der Waals surface area contributed by atoms with Gasteiger partial charge in [-0.1, -0.05) is 41.6 Å². The molecule has 0 radical (unpaired) electrons. The Morgan fingerprint density at radius 3 is 2.61 bits per heavy atom. The first-order valence-electron chi connectivity index (χ1n) is 5.87. The monoisotopic (exact) mass is 277 g/mol. The number of hydrogen-bond donors (Lipinski definition) is 1. The number of rotatable bonds is 4. The van der Waals surface area contributed by atoms with Crippen molar-refractivity contribution in [3.8, 4) is 0 Å². The molecule has 2 aromatic carbocycles. The van der Waals surface area contributed by atoms with Crippen LogP contribution in [0.1, 0.15) is 11.1 Å². The lowest BCUT2D eigenvalue weighted by Gasteiger charge is -2.08. The van der Waals surface area contributed by atoms with E-state index < -0.39 is 0 Å². The fourth-order valence-corrected chi connectivity index (χ4v) is 2.96. The minimum atomic E-state index is 0.805. The Hall–Kier alpha value is -0.960. The molecule has 2 rings (SSSR count). The van der Waals surface area contributed by atoms with E-state index in [-0.39, 0.29) is 0 Å². The first-order chi connectivity index (χ1) is 8.70. The highest BCUT2D eigenvalue weighted by atomic mass is 35.5. The molecule has 0 spiro atoms. The lowest BCUT2D eigenvalue weighted by Crippen LogP contribution is -2.06. The molecule has 2 aromatic rings. The predicted octanol–water partition coefficient (Wildman–Crippen LogP) is 4.52. The molecule has 1 nitrogen and oxygen atoms in total. The number of halogens is 1. The maximum Gasteiger partial charge on any atom is 0.0545 e. The minimum Gasteiger partial charge on any atom is -0.316 e. The van der Waals surface area contributed by atoms with E-state index in [1.54, 1.807) is 11.8 Å². The van der Waals surface area contributed by atoms with Crippen molar-refractivity contribution >= 4 is 23.4 Å². The van der Waals surface area contributed by atoms with Crippen LogP contribution in [0.3, 0.4) is 0 Å². The quantitative estimate of drug-likeness (QED) is 0.882. The van der Waals surface area contributed by atoms with E-state index in [2.05, 4.69) is 30.4 Å². The predicted molar refractivity (Wildman–Crippen MR) is 79.5 cm³/mol. The number of benzene rings is 2. The van der Waals surface area contributed by atoms with E-state index in [1.165, 1.54) is 16.0 Å². The lowest BCUT2D eigenvalue weighted by molar-refractivity contribution is 0.811. The Morgan fingerprint density at radius 1 is 1.17 bits per heavy atom. The van der Waals surface area contributed by atoms with Gasteiger partial charge in [-0.2, -0.15) is 0 Å². The van der Waals surface area contributed by atoms with E-state index in [4.69, 9.17) is 11.6 Å². The Labute approximate surface area is 118 Å². The molecule has 0 aromatic heterocycles. The summed E-state index contributed by atoms with van der Waals surface area (Å²) in [5.41, 5.74) is 2.64. The van der Waals surface area contributed by atoms with Crippen LogP contribution in [0.25, 0.3) is 0 Å². The van der Waals surface area contributed by atoms with Crippen LogP contribution in [0, 0.1) is 6.92 Å². The second-order valence-corrected chi connectivity index (χ2v) is 5.67. The van der Waals surface area contributed by atoms with Crippen molar-refractivity contribution in [3.05, 3.63) is 58.6 Å². The van der Waals surface area contributed by atoms with Crippen LogP contribution >= 0.6 is 23.4 Å². The molecule has 0 aliphatic rings. The Kier molecular flexibility index (Phi) is 4.70. The van der Waals surface area contributed by atoms with Gasteiger partial charge >= 0.3 is 0 Å². The first-order valence-corrected chi connectivity index (χ1v) is 7.06. The molecule has 0 fully saturated rings. The first kappa shape index (κ1) is 13.5. The van der Waals surface area contributed by atoms with Crippen molar-refractivity contribution in [2.45, 2.75) is 23.3 Å². The number of hydrogen-bond acceptors (Lipinski definition) is 2. The molecular formula is C15H16ClNS. The van der Waals surface area contributed by atoms with Crippen LogP contribution in [0.5, 0.6) is 0 Å². The molecule has 0 saturated heterocycles. The van der Waals surface area contributed by atoms with E-state index >= 15 is 0 Å². The lowest BCUT2D eigenvalue weighted by atomic mass is 10.1. The zero-order valence-corrected chi connectivity index (χ0v) is 12.1. The zero-order chi connectivity index (χ0) is 13.0. The van der Waals surface area contributed by atoms with Crippen LogP contribution in [-0.2, 0) is 6.54 Å². The Balaban J connectivity index is 2.20. The smallest absolute Gasteiger partial charge is 0.0545 e. The molecule has 1 N–H and O–H groups in total. The zero-order valence-electron chi connectivity index (χ0n) is 10.5. The summed E-state index contributed by atoms with van der Waals surface area (Å²) in [4.78, 5) is 2.32. The fourth-order valence-electron chi connectivity index (χ4n) is 1.78. The van der Waals surface area contributed by atoms with E-state index in [9.17, 15) is 0 Å². The van der Waals surface area contributed by atoms with Gasteiger partial charge in [0, 0.05) is 16.3 Å². The number of nitrogens with one attached hydrogen (secondary N) is 1. The van der Waals surface area contributed by atoms with Crippen LogP contribution in [-0.4, -0.2) is 7.05 Å². The highest BCUT2D eigenvalue weighted by molar-refractivity contribution is 7.99. The SMILES string of the molecule is CNCc1ccc(Sc2ccccc2Cl)cc1C. The highest BCUT2D eigenvalue weighted by Crippen LogP contribution is 2.33. The Bertz CT molecular complexity index is 540. The van der Waals surface area contributed by atoms with Crippen LogP contribution < -0.4 is 5.32 Å². The summed E-state index contributed by atoms with van der Waals surface area (Å²) in [6, 6.07) is 14.5. The van der Waals surface area contributed by atoms with E-state index in [0.29, 0.717) is 0 Å². The Morgan fingerprint density at radius 2 is 1.94 bits per heavy atom. The van der Waals surface area contributed by atoms with E-state index in [0.717, 1.165) is 16.5 Å². The van der Waals surface area contributed by atoms with E-state index in [1.807, 2.05) is 31.3 Å².